The quantitative estimate of drug-likeness (QED) is 0.893. The van der Waals surface area contributed by atoms with Gasteiger partial charge in [0.1, 0.15) is 0 Å². The Balaban J connectivity index is 1.60. The molecule has 2 unspecified atom stereocenters. The molecule has 1 saturated heterocycles. The zero-order valence-electron chi connectivity index (χ0n) is 12.2. The Morgan fingerprint density at radius 3 is 2.74 bits per heavy atom. The molecule has 1 aliphatic heterocycles. The van der Waals surface area contributed by atoms with Crippen LogP contribution in [0.1, 0.15) is 43.2 Å². The first-order valence-corrected chi connectivity index (χ1v) is 7.74. The maximum atomic E-state index is 3.80. The lowest BCUT2D eigenvalue weighted by atomic mass is 9.93. The van der Waals surface area contributed by atoms with Gasteiger partial charge in [-0.15, -0.1) is 0 Å². The van der Waals surface area contributed by atoms with Crippen molar-refractivity contribution in [2.24, 2.45) is 5.92 Å². The van der Waals surface area contributed by atoms with Crippen LogP contribution in [0.3, 0.4) is 0 Å². The van der Waals surface area contributed by atoms with Crippen LogP contribution in [0.4, 0.5) is 0 Å². The molecule has 2 atom stereocenters. The fourth-order valence-electron chi connectivity index (χ4n) is 3.39. The summed E-state index contributed by atoms with van der Waals surface area (Å²) in [7, 11) is 2.23. The van der Waals surface area contributed by atoms with Crippen molar-refractivity contribution in [3.05, 3.63) is 35.4 Å². The number of benzene rings is 1. The molecule has 1 heterocycles. The average molecular weight is 258 g/mol. The molecule has 2 fully saturated rings. The zero-order valence-corrected chi connectivity index (χ0v) is 12.2. The molecule has 1 aromatic rings. The SMILES string of the molecule is CC1CN(C)CCC1NCc1ccccc1C1CC1. The summed E-state index contributed by atoms with van der Waals surface area (Å²) in [6.07, 6.45) is 4.06. The Morgan fingerprint density at radius 1 is 1.21 bits per heavy atom. The summed E-state index contributed by atoms with van der Waals surface area (Å²) >= 11 is 0. The van der Waals surface area contributed by atoms with Gasteiger partial charge in [-0.1, -0.05) is 31.2 Å². The second kappa shape index (κ2) is 5.64. The normalized spacial score (nSPS) is 28.5. The highest BCUT2D eigenvalue weighted by Crippen LogP contribution is 2.41. The molecule has 1 N–H and O–H groups in total. The lowest BCUT2D eigenvalue weighted by Crippen LogP contribution is -2.46. The van der Waals surface area contributed by atoms with Crippen molar-refractivity contribution in [2.75, 3.05) is 20.1 Å². The summed E-state index contributed by atoms with van der Waals surface area (Å²) in [6, 6.07) is 9.69. The first-order valence-electron chi connectivity index (χ1n) is 7.74. The smallest absolute Gasteiger partial charge is 0.0211 e. The van der Waals surface area contributed by atoms with E-state index < -0.39 is 0 Å². The maximum Gasteiger partial charge on any atom is 0.0211 e. The van der Waals surface area contributed by atoms with Gasteiger partial charge in [0.25, 0.3) is 0 Å². The summed E-state index contributed by atoms with van der Waals surface area (Å²) < 4.78 is 0. The van der Waals surface area contributed by atoms with E-state index in [1.54, 1.807) is 5.56 Å². The van der Waals surface area contributed by atoms with E-state index in [0.29, 0.717) is 6.04 Å². The number of nitrogens with one attached hydrogen (secondary N) is 1. The van der Waals surface area contributed by atoms with Gasteiger partial charge in [-0.2, -0.15) is 0 Å². The highest BCUT2D eigenvalue weighted by Gasteiger charge is 2.27. The number of rotatable bonds is 4. The van der Waals surface area contributed by atoms with Gasteiger partial charge in [-0.05, 0) is 55.8 Å². The number of hydrogen-bond donors (Lipinski definition) is 1. The maximum absolute atomic E-state index is 3.80. The first-order chi connectivity index (χ1) is 9.24. The molecular formula is C17H26N2. The Kier molecular flexibility index (Phi) is 3.90. The van der Waals surface area contributed by atoms with Crippen molar-refractivity contribution in [1.29, 1.82) is 0 Å². The number of hydrogen-bond acceptors (Lipinski definition) is 2. The van der Waals surface area contributed by atoms with E-state index >= 15 is 0 Å². The van der Waals surface area contributed by atoms with E-state index in [0.717, 1.165) is 18.4 Å². The van der Waals surface area contributed by atoms with Crippen LogP contribution >= 0.6 is 0 Å². The van der Waals surface area contributed by atoms with Gasteiger partial charge in [0, 0.05) is 19.1 Å². The zero-order chi connectivity index (χ0) is 13.2. The summed E-state index contributed by atoms with van der Waals surface area (Å²) in [4.78, 5) is 2.45. The Labute approximate surface area is 117 Å². The third-order valence-corrected chi connectivity index (χ3v) is 4.74. The molecule has 1 aromatic carbocycles. The van der Waals surface area contributed by atoms with Crippen LogP contribution < -0.4 is 5.32 Å². The van der Waals surface area contributed by atoms with Crippen LogP contribution in [-0.4, -0.2) is 31.1 Å². The van der Waals surface area contributed by atoms with Crippen LogP contribution in [0.5, 0.6) is 0 Å². The molecule has 104 valence electrons. The Bertz CT molecular complexity index is 425. The fourth-order valence-corrected chi connectivity index (χ4v) is 3.39. The lowest BCUT2D eigenvalue weighted by Gasteiger charge is -2.35. The Morgan fingerprint density at radius 2 is 2.00 bits per heavy atom. The number of nitrogens with zero attached hydrogens (tertiary/aromatic N) is 1. The predicted molar refractivity (Wildman–Crippen MR) is 80.3 cm³/mol. The van der Waals surface area contributed by atoms with Crippen LogP contribution in [0.15, 0.2) is 24.3 Å². The lowest BCUT2D eigenvalue weighted by molar-refractivity contribution is 0.174. The van der Waals surface area contributed by atoms with Crippen molar-refractivity contribution >= 4 is 0 Å². The average Bonchev–Trinajstić information content (AvgIpc) is 3.22. The third-order valence-electron chi connectivity index (χ3n) is 4.74. The van der Waals surface area contributed by atoms with E-state index in [2.05, 4.69) is 48.5 Å². The summed E-state index contributed by atoms with van der Waals surface area (Å²) in [6.45, 7) is 5.87. The predicted octanol–water partition coefficient (Wildman–Crippen LogP) is 2.99. The van der Waals surface area contributed by atoms with Gasteiger partial charge in [0.05, 0.1) is 0 Å². The summed E-state index contributed by atoms with van der Waals surface area (Å²) in [5, 5.41) is 3.80. The van der Waals surface area contributed by atoms with Gasteiger partial charge in [-0.3, -0.25) is 0 Å². The van der Waals surface area contributed by atoms with Gasteiger partial charge in [0.2, 0.25) is 0 Å². The summed E-state index contributed by atoms with van der Waals surface area (Å²) in [5.74, 6) is 1.61. The van der Waals surface area contributed by atoms with Crippen LogP contribution in [-0.2, 0) is 6.54 Å². The molecule has 0 aromatic heterocycles. The van der Waals surface area contributed by atoms with Crippen LogP contribution in [0.25, 0.3) is 0 Å². The first kappa shape index (κ1) is 13.1. The van der Waals surface area contributed by atoms with Crippen molar-refractivity contribution < 1.29 is 0 Å². The van der Waals surface area contributed by atoms with E-state index in [1.165, 1.54) is 37.9 Å². The van der Waals surface area contributed by atoms with Gasteiger partial charge in [0.15, 0.2) is 0 Å². The second-order valence-corrected chi connectivity index (χ2v) is 6.49. The monoisotopic (exact) mass is 258 g/mol. The number of likely N-dealkylation sites (tertiary alicyclic amines) is 1. The molecule has 1 saturated carbocycles. The van der Waals surface area contributed by atoms with Gasteiger partial charge >= 0.3 is 0 Å². The van der Waals surface area contributed by atoms with Crippen molar-refractivity contribution in [3.63, 3.8) is 0 Å². The van der Waals surface area contributed by atoms with Gasteiger partial charge in [-0.25, -0.2) is 0 Å². The third kappa shape index (κ3) is 3.18. The fraction of sp³-hybridized carbons (Fsp3) is 0.647. The van der Waals surface area contributed by atoms with E-state index in [9.17, 15) is 0 Å². The number of piperidine rings is 1. The minimum atomic E-state index is 0.684. The van der Waals surface area contributed by atoms with E-state index in [-0.39, 0.29) is 0 Å². The van der Waals surface area contributed by atoms with Crippen molar-refractivity contribution in [2.45, 2.75) is 44.7 Å². The van der Waals surface area contributed by atoms with Crippen molar-refractivity contribution in [3.8, 4) is 0 Å². The summed E-state index contributed by atoms with van der Waals surface area (Å²) in [5.41, 5.74) is 3.12. The molecule has 0 amide bonds. The molecular weight excluding hydrogens is 232 g/mol. The topological polar surface area (TPSA) is 15.3 Å². The molecule has 3 rings (SSSR count). The standard InChI is InChI=1S/C17H26N2/c1-13-12-19(2)10-9-17(13)18-11-15-5-3-4-6-16(15)14-7-8-14/h3-6,13-14,17-18H,7-12H2,1-2H3. The minimum Gasteiger partial charge on any atom is -0.310 e. The molecule has 0 radical (unpaired) electrons. The molecule has 19 heavy (non-hydrogen) atoms. The van der Waals surface area contributed by atoms with Crippen LogP contribution in [0.2, 0.25) is 0 Å². The van der Waals surface area contributed by atoms with Crippen molar-refractivity contribution in [1.82, 2.24) is 10.2 Å². The highest BCUT2D eigenvalue weighted by atomic mass is 15.1. The van der Waals surface area contributed by atoms with E-state index in [1.807, 2.05) is 0 Å². The largest absolute Gasteiger partial charge is 0.310 e. The molecule has 2 heteroatoms. The van der Waals surface area contributed by atoms with Crippen LogP contribution in [0, 0.1) is 5.92 Å². The van der Waals surface area contributed by atoms with E-state index in [4.69, 9.17) is 0 Å². The molecule has 2 aliphatic rings. The minimum absolute atomic E-state index is 0.684. The molecule has 0 spiro atoms. The van der Waals surface area contributed by atoms with Gasteiger partial charge < -0.3 is 10.2 Å². The molecule has 1 aliphatic carbocycles. The molecule has 2 nitrogen and oxygen atoms in total. The Hall–Kier alpha value is -0.860. The highest BCUT2D eigenvalue weighted by molar-refractivity contribution is 5.33. The molecule has 0 bridgehead atoms. The second-order valence-electron chi connectivity index (χ2n) is 6.49.